The van der Waals surface area contributed by atoms with E-state index in [2.05, 4.69) is 20.6 Å². The van der Waals surface area contributed by atoms with E-state index >= 15 is 0 Å². The van der Waals surface area contributed by atoms with Gasteiger partial charge >= 0.3 is 0 Å². The van der Waals surface area contributed by atoms with E-state index in [1.807, 2.05) is 22.9 Å². The molecular weight excluding hydrogens is 254 g/mol. The van der Waals surface area contributed by atoms with Crippen LogP contribution in [0.25, 0.3) is 5.82 Å². The molecule has 2 aromatic heterocycles. The minimum atomic E-state index is -0.0860. The number of piperidine rings is 1. The van der Waals surface area contributed by atoms with Crippen LogP contribution in [0, 0.1) is 0 Å². The first-order valence-corrected chi connectivity index (χ1v) is 6.81. The average Bonchev–Trinajstić information content (AvgIpc) is 3.03. The lowest BCUT2D eigenvalue weighted by Crippen LogP contribution is -2.43. The molecule has 1 fully saturated rings. The molecule has 2 N–H and O–H groups in total. The standard InChI is InChI=1S/C14H17N5O/c20-14(12-3-1-2-6-16-12)18-11-4-5-13(17-9-11)19-8-7-15-10-19/h4-5,7-10,12,16H,1-3,6H2,(H,18,20)/t12-/m1/s1. The van der Waals surface area contributed by atoms with Gasteiger partial charge in [-0.15, -0.1) is 0 Å². The molecule has 6 heteroatoms. The summed E-state index contributed by atoms with van der Waals surface area (Å²) in [6, 6.07) is 3.62. The summed E-state index contributed by atoms with van der Waals surface area (Å²) in [6.45, 7) is 0.913. The molecule has 1 atom stereocenters. The molecule has 0 radical (unpaired) electrons. The highest BCUT2D eigenvalue weighted by Gasteiger charge is 2.20. The van der Waals surface area contributed by atoms with E-state index in [4.69, 9.17) is 0 Å². The minimum absolute atomic E-state index is 0.0156. The molecule has 1 saturated heterocycles. The van der Waals surface area contributed by atoms with Gasteiger partial charge in [-0.25, -0.2) is 9.97 Å². The number of aromatic nitrogens is 3. The first-order chi connectivity index (χ1) is 9.83. The molecule has 2 aromatic rings. The molecule has 1 aliphatic rings. The van der Waals surface area contributed by atoms with Crippen LogP contribution in [0.4, 0.5) is 5.69 Å². The van der Waals surface area contributed by atoms with Crippen LogP contribution in [-0.4, -0.2) is 33.0 Å². The summed E-state index contributed by atoms with van der Waals surface area (Å²) < 4.78 is 1.81. The number of carbonyl (C=O) groups excluding carboxylic acids is 1. The predicted molar refractivity (Wildman–Crippen MR) is 75.6 cm³/mol. The second-order valence-electron chi connectivity index (χ2n) is 4.87. The van der Waals surface area contributed by atoms with E-state index in [-0.39, 0.29) is 11.9 Å². The maximum atomic E-state index is 12.1. The van der Waals surface area contributed by atoms with Crippen molar-refractivity contribution in [2.45, 2.75) is 25.3 Å². The van der Waals surface area contributed by atoms with Crippen LogP contribution >= 0.6 is 0 Å². The monoisotopic (exact) mass is 271 g/mol. The van der Waals surface area contributed by atoms with E-state index in [0.29, 0.717) is 5.69 Å². The third-order valence-electron chi connectivity index (χ3n) is 3.41. The molecule has 0 saturated carbocycles. The fraction of sp³-hybridized carbons (Fsp3) is 0.357. The third kappa shape index (κ3) is 2.85. The molecule has 6 nitrogen and oxygen atoms in total. The molecule has 0 aliphatic carbocycles. The Morgan fingerprint density at radius 1 is 1.40 bits per heavy atom. The molecule has 104 valence electrons. The Morgan fingerprint density at radius 3 is 3.00 bits per heavy atom. The van der Waals surface area contributed by atoms with Crippen molar-refractivity contribution in [2.24, 2.45) is 0 Å². The van der Waals surface area contributed by atoms with Gasteiger partial charge in [-0.2, -0.15) is 0 Å². The van der Waals surface area contributed by atoms with Crippen molar-refractivity contribution in [1.82, 2.24) is 19.9 Å². The Kier molecular flexibility index (Phi) is 3.73. The topological polar surface area (TPSA) is 71.8 Å². The number of nitrogens with zero attached hydrogens (tertiary/aromatic N) is 3. The quantitative estimate of drug-likeness (QED) is 0.884. The van der Waals surface area contributed by atoms with E-state index in [1.54, 1.807) is 18.7 Å². The lowest BCUT2D eigenvalue weighted by molar-refractivity contribution is -0.118. The zero-order chi connectivity index (χ0) is 13.8. The van der Waals surface area contributed by atoms with Crippen LogP contribution in [0.5, 0.6) is 0 Å². The fourth-order valence-electron chi connectivity index (χ4n) is 2.31. The molecule has 0 aromatic carbocycles. The Balaban J connectivity index is 1.64. The Morgan fingerprint density at radius 2 is 2.35 bits per heavy atom. The first-order valence-electron chi connectivity index (χ1n) is 6.81. The fourth-order valence-corrected chi connectivity index (χ4v) is 2.31. The van der Waals surface area contributed by atoms with Gasteiger partial charge in [-0.1, -0.05) is 6.42 Å². The van der Waals surface area contributed by atoms with Crippen molar-refractivity contribution >= 4 is 11.6 Å². The van der Waals surface area contributed by atoms with Gasteiger partial charge in [0.15, 0.2) is 0 Å². The summed E-state index contributed by atoms with van der Waals surface area (Å²) in [5.74, 6) is 0.790. The summed E-state index contributed by atoms with van der Waals surface area (Å²) in [6.07, 6.45) is 10.0. The SMILES string of the molecule is O=C(Nc1ccc(-n2ccnc2)nc1)[C@H]1CCCCN1. The lowest BCUT2D eigenvalue weighted by Gasteiger charge is -2.22. The van der Waals surface area contributed by atoms with Crippen LogP contribution in [0.1, 0.15) is 19.3 Å². The van der Waals surface area contributed by atoms with Crippen LogP contribution in [0.2, 0.25) is 0 Å². The molecule has 3 rings (SSSR count). The molecule has 0 unspecified atom stereocenters. The van der Waals surface area contributed by atoms with Crippen LogP contribution in [0.15, 0.2) is 37.1 Å². The summed E-state index contributed by atoms with van der Waals surface area (Å²) in [4.78, 5) is 20.3. The highest BCUT2D eigenvalue weighted by Crippen LogP contribution is 2.12. The maximum Gasteiger partial charge on any atom is 0.241 e. The molecule has 1 amide bonds. The number of hydrogen-bond donors (Lipinski definition) is 2. The van der Waals surface area contributed by atoms with Gasteiger partial charge in [0.25, 0.3) is 0 Å². The van der Waals surface area contributed by atoms with Crippen molar-refractivity contribution in [3.8, 4) is 5.82 Å². The zero-order valence-electron chi connectivity index (χ0n) is 11.1. The van der Waals surface area contributed by atoms with Gasteiger partial charge in [0.2, 0.25) is 5.91 Å². The van der Waals surface area contributed by atoms with Crippen molar-refractivity contribution in [3.63, 3.8) is 0 Å². The second kappa shape index (κ2) is 5.83. The van der Waals surface area contributed by atoms with E-state index < -0.39 is 0 Å². The highest BCUT2D eigenvalue weighted by molar-refractivity contribution is 5.94. The van der Waals surface area contributed by atoms with Crippen LogP contribution in [-0.2, 0) is 4.79 Å². The van der Waals surface area contributed by atoms with Gasteiger partial charge in [-0.3, -0.25) is 9.36 Å². The summed E-state index contributed by atoms with van der Waals surface area (Å²) >= 11 is 0. The molecule has 3 heterocycles. The first kappa shape index (κ1) is 12.8. The van der Waals surface area contributed by atoms with E-state index in [0.717, 1.165) is 31.6 Å². The number of nitrogens with one attached hydrogen (secondary N) is 2. The Labute approximate surface area is 117 Å². The summed E-state index contributed by atoms with van der Waals surface area (Å²) in [5.41, 5.74) is 0.714. The minimum Gasteiger partial charge on any atom is -0.323 e. The summed E-state index contributed by atoms with van der Waals surface area (Å²) in [5, 5.41) is 6.12. The number of rotatable bonds is 3. The molecule has 0 spiro atoms. The van der Waals surface area contributed by atoms with Crippen molar-refractivity contribution < 1.29 is 4.79 Å². The molecule has 20 heavy (non-hydrogen) atoms. The third-order valence-corrected chi connectivity index (χ3v) is 3.41. The number of imidazole rings is 1. The number of anilines is 1. The second-order valence-corrected chi connectivity index (χ2v) is 4.87. The van der Waals surface area contributed by atoms with Gasteiger partial charge in [0.05, 0.1) is 17.9 Å². The van der Waals surface area contributed by atoms with Crippen molar-refractivity contribution in [1.29, 1.82) is 0 Å². The number of hydrogen-bond acceptors (Lipinski definition) is 4. The van der Waals surface area contributed by atoms with Crippen molar-refractivity contribution in [2.75, 3.05) is 11.9 Å². The van der Waals surface area contributed by atoms with Gasteiger partial charge < -0.3 is 10.6 Å². The Hall–Kier alpha value is -2.21. The Bertz CT molecular complexity index is 558. The number of pyridine rings is 1. The lowest BCUT2D eigenvalue weighted by atomic mass is 10.0. The number of amides is 1. The van der Waals surface area contributed by atoms with E-state index in [1.165, 1.54) is 0 Å². The molecule has 1 aliphatic heterocycles. The highest BCUT2D eigenvalue weighted by atomic mass is 16.2. The summed E-state index contributed by atoms with van der Waals surface area (Å²) in [7, 11) is 0. The molecule has 0 bridgehead atoms. The largest absolute Gasteiger partial charge is 0.323 e. The maximum absolute atomic E-state index is 12.1. The van der Waals surface area contributed by atoms with Gasteiger partial charge in [0.1, 0.15) is 12.1 Å². The average molecular weight is 271 g/mol. The van der Waals surface area contributed by atoms with Crippen LogP contribution in [0.3, 0.4) is 0 Å². The smallest absolute Gasteiger partial charge is 0.241 e. The number of carbonyl (C=O) groups is 1. The molecular formula is C14H17N5O. The van der Waals surface area contributed by atoms with Crippen molar-refractivity contribution in [3.05, 3.63) is 37.1 Å². The zero-order valence-corrected chi connectivity index (χ0v) is 11.1. The normalized spacial score (nSPS) is 18.7. The predicted octanol–water partition coefficient (Wildman–Crippen LogP) is 1.35. The van der Waals surface area contributed by atoms with E-state index in [9.17, 15) is 4.79 Å². The van der Waals surface area contributed by atoms with Gasteiger partial charge in [0, 0.05) is 12.4 Å². The van der Waals surface area contributed by atoms with Crippen LogP contribution < -0.4 is 10.6 Å². The van der Waals surface area contributed by atoms with Gasteiger partial charge in [-0.05, 0) is 31.5 Å².